The Hall–Kier alpha value is 0.280. The van der Waals surface area contributed by atoms with Gasteiger partial charge in [0.25, 0.3) is 0 Å². The summed E-state index contributed by atoms with van der Waals surface area (Å²) in [4.78, 5) is 0. The average molecular weight is 343 g/mol. The van der Waals surface area contributed by atoms with Gasteiger partial charge in [0, 0.05) is 10.9 Å². The van der Waals surface area contributed by atoms with E-state index in [1.807, 2.05) is 0 Å². The fourth-order valence-electron chi connectivity index (χ4n) is 0.846. The van der Waals surface area contributed by atoms with Gasteiger partial charge in [0.2, 0.25) is 0 Å². The van der Waals surface area contributed by atoms with Gasteiger partial charge in [-0.25, -0.2) is 0 Å². The summed E-state index contributed by atoms with van der Waals surface area (Å²) in [6.07, 6.45) is 0. The molecule has 2 aromatic heterocycles. The topological polar surface area (TPSA) is 25.8 Å². The van der Waals surface area contributed by atoms with Crippen molar-refractivity contribution >= 4 is 56.9 Å². The van der Waals surface area contributed by atoms with E-state index in [1.54, 1.807) is 22.7 Å². The van der Waals surface area contributed by atoms with Crippen molar-refractivity contribution in [3.63, 3.8) is 0 Å². The Morgan fingerprint density at radius 3 is 2.85 bits per heavy atom. The standard InChI is InChI=1S/C7H4ClIN2S2/c8-2-6-10-11-7(13-6)4-1-5(9)12-3-4/h1,3H,2H2. The van der Waals surface area contributed by atoms with E-state index in [0.29, 0.717) is 5.88 Å². The van der Waals surface area contributed by atoms with Gasteiger partial charge in [-0.2, -0.15) is 0 Å². The SMILES string of the molecule is ClCc1nnc(-c2csc(I)c2)s1. The van der Waals surface area contributed by atoms with Crippen LogP contribution in [-0.2, 0) is 5.88 Å². The van der Waals surface area contributed by atoms with E-state index in [-0.39, 0.29) is 0 Å². The summed E-state index contributed by atoms with van der Waals surface area (Å²) >= 11 is 11.2. The number of aromatic nitrogens is 2. The normalized spacial score (nSPS) is 10.6. The Labute approximate surface area is 102 Å². The van der Waals surface area contributed by atoms with E-state index in [0.717, 1.165) is 15.6 Å². The van der Waals surface area contributed by atoms with Gasteiger partial charge >= 0.3 is 0 Å². The van der Waals surface area contributed by atoms with E-state index < -0.39 is 0 Å². The van der Waals surface area contributed by atoms with Crippen molar-refractivity contribution in [1.82, 2.24) is 10.2 Å². The van der Waals surface area contributed by atoms with Gasteiger partial charge in [-0.1, -0.05) is 11.3 Å². The number of halogens is 2. The molecule has 0 fully saturated rings. The molecule has 0 unspecified atom stereocenters. The molecule has 2 nitrogen and oxygen atoms in total. The summed E-state index contributed by atoms with van der Waals surface area (Å²) in [5.74, 6) is 0.443. The molecule has 2 rings (SSSR count). The third-order valence-electron chi connectivity index (χ3n) is 1.40. The quantitative estimate of drug-likeness (QED) is 0.615. The minimum Gasteiger partial charge on any atom is -0.142 e. The summed E-state index contributed by atoms with van der Waals surface area (Å²) in [6.45, 7) is 0. The zero-order valence-corrected chi connectivity index (χ0v) is 10.9. The van der Waals surface area contributed by atoms with Crippen LogP contribution in [0.2, 0.25) is 0 Å². The third-order valence-corrected chi connectivity index (χ3v) is 4.57. The van der Waals surface area contributed by atoms with Gasteiger partial charge in [0.05, 0.1) is 8.76 Å². The molecule has 0 aliphatic rings. The van der Waals surface area contributed by atoms with Crippen molar-refractivity contribution in [2.24, 2.45) is 0 Å². The maximum absolute atomic E-state index is 5.64. The minimum absolute atomic E-state index is 0.443. The lowest BCUT2D eigenvalue weighted by atomic mass is 10.4. The highest BCUT2D eigenvalue weighted by molar-refractivity contribution is 14.1. The molecule has 0 spiro atoms. The largest absolute Gasteiger partial charge is 0.148 e. The Kier molecular flexibility index (Phi) is 3.18. The second kappa shape index (κ2) is 4.20. The fraction of sp³-hybridized carbons (Fsp3) is 0.143. The van der Waals surface area contributed by atoms with Crippen molar-refractivity contribution < 1.29 is 0 Å². The predicted molar refractivity (Wildman–Crippen MR) is 65.5 cm³/mol. The molecule has 6 heteroatoms. The zero-order chi connectivity index (χ0) is 9.26. The van der Waals surface area contributed by atoms with Gasteiger partial charge < -0.3 is 0 Å². The molecule has 68 valence electrons. The number of hydrogen-bond acceptors (Lipinski definition) is 4. The highest BCUT2D eigenvalue weighted by atomic mass is 127. The van der Waals surface area contributed by atoms with Crippen LogP contribution in [0, 0.1) is 2.88 Å². The van der Waals surface area contributed by atoms with E-state index >= 15 is 0 Å². The first-order valence-corrected chi connectivity index (χ1v) is 6.73. The minimum atomic E-state index is 0.443. The molecule has 0 saturated heterocycles. The fourth-order valence-corrected chi connectivity index (χ4v) is 3.15. The van der Waals surface area contributed by atoms with Crippen LogP contribution in [0.25, 0.3) is 10.6 Å². The van der Waals surface area contributed by atoms with Crippen molar-refractivity contribution in [1.29, 1.82) is 0 Å². The maximum atomic E-state index is 5.64. The van der Waals surface area contributed by atoms with Crippen LogP contribution in [0.5, 0.6) is 0 Å². The molecule has 13 heavy (non-hydrogen) atoms. The molecule has 0 aliphatic carbocycles. The molecule has 0 atom stereocenters. The molecule has 2 aromatic rings. The first-order valence-electron chi connectivity index (χ1n) is 3.42. The summed E-state index contributed by atoms with van der Waals surface area (Å²) < 4.78 is 1.26. The van der Waals surface area contributed by atoms with Crippen LogP contribution in [0.4, 0.5) is 0 Å². The van der Waals surface area contributed by atoms with Crippen LogP contribution in [0.3, 0.4) is 0 Å². The first-order chi connectivity index (χ1) is 6.29. The summed E-state index contributed by atoms with van der Waals surface area (Å²) in [7, 11) is 0. The van der Waals surface area contributed by atoms with Crippen molar-refractivity contribution in [2.45, 2.75) is 5.88 Å². The van der Waals surface area contributed by atoms with Crippen molar-refractivity contribution in [3.8, 4) is 10.6 Å². The first kappa shape index (κ1) is 9.82. The lowest BCUT2D eigenvalue weighted by Crippen LogP contribution is -1.74. The number of hydrogen-bond donors (Lipinski definition) is 0. The molecule has 2 heterocycles. The van der Waals surface area contributed by atoms with E-state index in [4.69, 9.17) is 11.6 Å². The molecule has 0 radical (unpaired) electrons. The highest BCUT2D eigenvalue weighted by Crippen LogP contribution is 2.29. The molecular formula is C7H4ClIN2S2. The van der Waals surface area contributed by atoms with Crippen LogP contribution in [0.15, 0.2) is 11.4 Å². The second-order valence-electron chi connectivity index (χ2n) is 2.27. The Balaban J connectivity index is 2.35. The lowest BCUT2D eigenvalue weighted by Gasteiger charge is -1.83. The van der Waals surface area contributed by atoms with Gasteiger partial charge in [-0.05, 0) is 28.7 Å². The average Bonchev–Trinajstić information content (AvgIpc) is 2.71. The van der Waals surface area contributed by atoms with Crippen molar-refractivity contribution in [3.05, 3.63) is 19.3 Å². The zero-order valence-electron chi connectivity index (χ0n) is 6.33. The monoisotopic (exact) mass is 342 g/mol. The Morgan fingerprint density at radius 2 is 2.31 bits per heavy atom. The van der Waals surface area contributed by atoms with E-state index in [1.165, 1.54) is 2.88 Å². The van der Waals surface area contributed by atoms with Crippen molar-refractivity contribution in [2.75, 3.05) is 0 Å². The van der Waals surface area contributed by atoms with Gasteiger partial charge in [0.15, 0.2) is 0 Å². The van der Waals surface area contributed by atoms with Crippen LogP contribution >= 0.6 is 56.9 Å². The highest BCUT2D eigenvalue weighted by Gasteiger charge is 2.07. The number of rotatable bonds is 2. The number of alkyl halides is 1. The molecule has 0 N–H and O–H groups in total. The number of nitrogens with zero attached hydrogens (tertiary/aromatic N) is 2. The van der Waals surface area contributed by atoms with Gasteiger partial charge in [-0.15, -0.1) is 33.1 Å². The third kappa shape index (κ3) is 2.20. The maximum Gasteiger partial charge on any atom is 0.148 e. The molecule has 0 aliphatic heterocycles. The summed E-state index contributed by atoms with van der Waals surface area (Å²) in [6, 6.07) is 2.10. The molecule has 0 saturated carbocycles. The number of thiophene rings is 1. The molecule has 0 bridgehead atoms. The Bertz CT molecular complexity index is 412. The van der Waals surface area contributed by atoms with Crippen LogP contribution in [0.1, 0.15) is 5.01 Å². The molecule has 0 aromatic carbocycles. The summed E-state index contributed by atoms with van der Waals surface area (Å²) in [5.41, 5.74) is 1.14. The smallest absolute Gasteiger partial charge is 0.142 e. The van der Waals surface area contributed by atoms with Gasteiger partial charge in [-0.3, -0.25) is 0 Å². The van der Waals surface area contributed by atoms with Crippen LogP contribution < -0.4 is 0 Å². The second-order valence-corrected chi connectivity index (χ2v) is 6.41. The summed E-state index contributed by atoms with van der Waals surface area (Å²) in [5, 5.41) is 11.9. The predicted octanol–water partition coefficient (Wildman–Crippen LogP) is 3.61. The molecular weight excluding hydrogens is 339 g/mol. The Morgan fingerprint density at radius 1 is 1.46 bits per heavy atom. The van der Waals surface area contributed by atoms with Gasteiger partial charge in [0.1, 0.15) is 10.0 Å². The van der Waals surface area contributed by atoms with E-state index in [2.05, 4.69) is 44.2 Å². The van der Waals surface area contributed by atoms with E-state index in [9.17, 15) is 0 Å². The lowest BCUT2D eigenvalue weighted by molar-refractivity contribution is 1.04. The van der Waals surface area contributed by atoms with Crippen LogP contribution in [-0.4, -0.2) is 10.2 Å². The molecule has 0 amide bonds.